The van der Waals surface area contributed by atoms with Gasteiger partial charge in [-0.25, -0.2) is 0 Å². The van der Waals surface area contributed by atoms with E-state index in [-0.39, 0.29) is 21.7 Å². The minimum atomic E-state index is -0.0380. The summed E-state index contributed by atoms with van der Waals surface area (Å²) in [6.07, 6.45) is 0. The first-order valence-electron chi connectivity index (χ1n) is 22.5. The molecule has 0 bridgehead atoms. The highest BCUT2D eigenvalue weighted by Crippen LogP contribution is 2.46. The number of nitrogens with zero attached hydrogens (tertiary/aromatic N) is 4. The first-order chi connectivity index (χ1) is 29.8. The molecule has 0 unspecified atom stereocenters. The second kappa shape index (κ2) is 13.7. The summed E-state index contributed by atoms with van der Waals surface area (Å²) in [5, 5.41) is 18.5. The Bertz CT molecular complexity index is 3390. The van der Waals surface area contributed by atoms with Gasteiger partial charge in [0.1, 0.15) is 6.07 Å². The summed E-state index contributed by atoms with van der Waals surface area (Å²) in [7, 11) is 0. The zero-order valence-electron chi connectivity index (χ0n) is 39.0. The molecule has 0 aliphatic carbocycles. The van der Waals surface area contributed by atoms with Gasteiger partial charge in [0, 0.05) is 38.0 Å². The minimum absolute atomic E-state index is 0.0326. The van der Waals surface area contributed by atoms with Crippen molar-refractivity contribution in [3.63, 3.8) is 0 Å². The number of aromatic nitrogens is 3. The molecule has 63 heavy (non-hydrogen) atoms. The van der Waals surface area contributed by atoms with Crippen molar-refractivity contribution in [3.8, 4) is 23.1 Å². The van der Waals surface area contributed by atoms with Crippen molar-refractivity contribution < 1.29 is 0 Å². The standard InChI is InChI=1S/C59H58N4/c1-56(2,3)36-22-26-48-42(30-36)43-31-37(57(4,5)6)23-27-49(43)62(48)52-34-53(55-54(46(52)35-60)41-20-16-17-21-47(41)61(55)40-18-14-13-15-19-40)63-50-28-24-38(58(7,8)9)32-44(50)45-33-39(59(10,11)12)25-29-51(45)63/h13-34H,1-12H3. The average Bonchev–Trinajstić information content (AvgIpc) is 3.87. The number of hydrogen-bond acceptors (Lipinski definition) is 1. The molecule has 4 heteroatoms. The molecule has 7 aromatic carbocycles. The van der Waals surface area contributed by atoms with E-state index >= 15 is 0 Å². The molecule has 0 spiro atoms. The van der Waals surface area contributed by atoms with Gasteiger partial charge in [-0.2, -0.15) is 5.26 Å². The van der Waals surface area contributed by atoms with Crippen LogP contribution < -0.4 is 0 Å². The van der Waals surface area contributed by atoms with Crippen LogP contribution in [-0.2, 0) is 21.7 Å². The molecule has 0 N–H and O–H groups in total. The van der Waals surface area contributed by atoms with Gasteiger partial charge in [0.2, 0.25) is 0 Å². The second-order valence-corrected chi connectivity index (χ2v) is 21.9. The van der Waals surface area contributed by atoms with Gasteiger partial charge in [-0.3, -0.25) is 0 Å². The van der Waals surface area contributed by atoms with Crippen molar-refractivity contribution >= 4 is 65.4 Å². The topological polar surface area (TPSA) is 38.6 Å². The fourth-order valence-electron chi connectivity index (χ4n) is 9.87. The molecular weight excluding hydrogens is 765 g/mol. The van der Waals surface area contributed by atoms with Gasteiger partial charge in [0.25, 0.3) is 0 Å². The minimum Gasteiger partial charge on any atom is -0.308 e. The third kappa shape index (κ3) is 6.30. The van der Waals surface area contributed by atoms with E-state index in [9.17, 15) is 5.26 Å². The van der Waals surface area contributed by atoms with Crippen LogP contribution in [0.25, 0.3) is 82.5 Å². The first kappa shape index (κ1) is 40.5. The lowest BCUT2D eigenvalue weighted by Crippen LogP contribution is -2.10. The lowest BCUT2D eigenvalue weighted by molar-refractivity contribution is 0.590. The van der Waals surface area contributed by atoms with Crippen LogP contribution in [0.5, 0.6) is 0 Å². The Morgan fingerprint density at radius 3 is 1.13 bits per heavy atom. The van der Waals surface area contributed by atoms with Crippen LogP contribution in [0.15, 0.2) is 133 Å². The van der Waals surface area contributed by atoms with Gasteiger partial charge >= 0.3 is 0 Å². The Kier molecular flexibility index (Phi) is 8.82. The van der Waals surface area contributed by atoms with Crippen LogP contribution in [-0.4, -0.2) is 13.7 Å². The van der Waals surface area contributed by atoms with Crippen molar-refractivity contribution in [2.75, 3.05) is 0 Å². The summed E-state index contributed by atoms with van der Waals surface area (Å²) < 4.78 is 7.24. The van der Waals surface area contributed by atoms with Crippen molar-refractivity contribution in [1.82, 2.24) is 13.7 Å². The molecule has 3 heterocycles. The first-order valence-corrected chi connectivity index (χ1v) is 22.5. The summed E-state index contributed by atoms with van der Waals surface area (Å²) in [4.78, 5) is 0. The number of hydrogen-bond donors (Lipinski definition) is 0. The Labute approximate surface area is 372 Å². The number of para-hydroxylation sites is 2. The maximum Gasteiger partial charge on any atom is 0.102 e. The van der Waals surface area contributed by atoms with Crippen molar-refractivity contribution in [1.29, 1.82) is 5.26 Å². The van der Waals surface area contributed by atoms with Crippen LogP contribution in [0.2, 0.25) is 0 Å². The molecule has 0 saturated carbocycles. The number of benzene rings is 7. The van der Waals surface area contributed by atoms with E-state index in [0.717, 1.165) is 60.9 Å². The van der Waals surface area contributed by atoms with Gasteiger partial charge in [-0.15, -0.1) is 0 Å². The molecule has 0 saturated heterocycles. The molecule has 0 aliphatic heterocycles. The molecule has 10 rings (SSSR count). The highest BCUT2D eigenvalue weighted by Gasteiger charge is 2.29. The van der Waals surface area contributed by atoms with E-state index in [4.69, 9.17) is 0 Å². The van der Waals surface area contributed by atoms with E-state index < -0.39 is 0 Å². The quantitative estimate of drug-likeness (QED) is 0.175. The molecule has 3 aromatic heterocycles. The maximum absolute atomic E-state index is 11.7. The largest absolute Gasteiger partial charge is 0.308 e. The van der Waals surface area contributed by atoms with E-state index in [2.05, 4.69) is 236 Å². The summed E-state index contributed by atoms with van der Waals surface area (Å²) in [5.41, 5.74) is 15.1. The van der Waals surface area contributed by atoms with Gasteiger partial charge in [0.15, 0.2) is 0 Å². The third-order valence-electron chi connectivity index (χ3n) is 13.5. The molecule has 0 amide bonds. The molecule has 0 aliphatic rings. The van der Waals surface area contributed by atoms with Crippen LogP contribution >= 0.6 is 0 Å². The van der Waals surface area contributed by atoms with E-state index in [1.165, 1.54) is 43.8 Å². The molecule has 0 fully saturated rings. The normalized spacial score (nSPS) is 13.1. The van der Waals surface area contributed by atoms with Crippen LogP contribution in [0, 0.1) is 11.3 Å². The van der Waals surface area contributed by atoms with E-state index in [1.807, 2.05) is 0 Å². The SMILES string of the molecule is CC(C)(C)c1ccc2c(c1)c1cc(C(C)(C)C)ccc1n2-c1cc(-n2c3ccc(C(C)(C)C)cc3c3cc(C(C)(C)C)ccc32)c2c(c1C#N)c1ccccc1n2-c1ccccc1. The van der Waals surface area contributed by atoms with Crippen LogP contribution in [0.4, 0.5) is 0 Å². The zero-order chi connectivity index (χ0) is 44.5. The lowest BCUT2D eigenvalue weighted by Gasteiger charge is -2.21. The highest BCUT2D eigenvalue weighted by molar-refractivity contribution is 6.19. The van der Waals surface area contributed by atoms with Gasteiger partial charge < -0.3 is 13.7 Å². The lowest BCUT2D eigenvalue weighted by atomic mass is 9.85. The number of fused-ring (bicyclic) bond motifs is 9. The average molecular weight is 823 g/mol. The van der Waals surface area contributed by atoms with Crippen molar-refractivity contribution in [3.05, 3.63) is 161 Å². The monoisotopic (exact) mass is 822 g/mol. The molecule has 0 radical (unpaired) electrons. The summed E-state index contributed by atoms with van der Waals surface area (Å²) in [5.74, 6) is 0. The van der Waals surface area contributed by atoms with Crippen LogP contribution in [0.3, 0.4) is 0 Å². The van der Waals surface area contributed by atoms with Crippen molar-refractivity contribution in [2.45, 2.75) is 105 Å². The fraction of sp³-hybridized carbons (Fsp3) is 0.271. The Morgan fingerprint density at radius 1 is 0.365 bits per heavy atom. The van der Waals surface area contributed by atoms with E-state index in [1.54, 1.807) is 0 Å². The van der Waals surface area contributed by atoms with Gasteiger partial charge in [0.05, 0.1) is 50.0 Å². The summed E-state index contributed by atoms with van der Waals surface area (Å²) >= 11 is 0. The third-order valence-corrected chi connectivity index (χ3v) is 13.5. The van der Waals surface area contributed by atoms with Gasteiger partial charge in [-0.1, -0.05) is 144 Å². The highest BCUT2D eigenvalue weighted by atomic mass is 15.1. The van der Waals surface area contributed by atoms with Gasteiger partial charge in [-0.05, 0) is 117 Å². The second-order valence-electron chi connectivity index (χ2n) is 21.9. The zero-order valence-corrected chi connectivity index (χ0v) is 39.0. The molecule has 4 nitrogen and oxygen atoms in total. The number of nitriles is 1. The van der Waals surface area contributed by atoms with Crippen molar-refractivity contribution in [2.24, 2.45) is 0 Å². The molecule has 10 aromatic rings. The Balaban J connectivity index is 1.45. The summed E-state index contributed by atoms with van der Waals surface area (Å²) in [6.45, 7) is 27.5. The number of rotatable bonds is 3. The predicted octanol–water partition coefficient (Wildman–Crippen LogP) is 16.0. The smallest absolute Gasteiger partial charge is 0.102 e. The fourth-order valence-corrected chi connectivity index (χ4v) is 9.87. The molecule has 314 valence electrons. The molecular formula is C59H58N4. The molecule has 0 atom stereocenters. The Morgan fingerprint density at radius 2 is 0.730 bits per heavy atom. The predicted molar refractivity (Wildman–Crippen MR) is 269 cm³/mol. The Hall–Kier alpha value is -6.57. The maximum atomic E-state index is 11.7. The van der Waals surface area contributed by atoms with Crippen LogP contribution in [0.1, 0.15) is 111 Å². The summed E-state index contributed by atoms with van der Waals surface area (Å²) in [6, 6.07) is 52.4. The van der Waals surface area contributed by atoms with E-state index in [0.29, 0.717) is 5.56 Å².